The van der Waals surface area contributed by atoms with Crippen molar-refractivity contribution in [3.63, 3.8) is 0 Å². The van der Waals surface area contributed by atoms with E-state index < -0.39 is 6.10 Å². The van der Waals surface area contributed by atoms with Gasteiger partial charge in [-0.3, -0.25) is 0 Å². The Morgan fingerprint density at radius 3 is 2.67 bits per heavy atom. The maximum atomic E-state index is 9.84. The van der Waals surface area contributed by atoms with Crippen LogP contribution in [0.1, 0.15) is 46.0 Å². The third-order valence-corrected chi connectivity index (χ3v) is 3.71. The number of rotatable bonds is 8. The molecule has 3 nitrogen and oxygen atoms in total. The molecule has 1 aliphatic carbocycles. The van der Waals surface area contributed by atoms with Crippen molar-refractivity contribution in [1.29, 1.82) is 0 Å². The molecule has 0 aromatic carbocycles. The zero-order valence-electron chi connectivity index (χ0n) is 11.9. The van der Waals surface area contributed by atoms with Gasteiger partial charge in [0.25, 0.3) is 0 Å². The Kier molecular flexibility index (Phi) is 7.56. The van der Waals surface area contributed by atoms with Crippen molar-refractivity contribution in [3.05, 3.63) is 12.7 Å². The summed E-state index contributed by atoms with van der Waals surface area (Å²) < 4.78 is 5.78. The van der Waals surface area contributed by atoms with E-state index in [1.807, 2.05) is 6.08 Å². The fourth-order valence-electron chi connectivity index (χ4n) is 2.37. The molecule has 2 unspecified atom stereocenters. The highest BCUT2D eigenvalue weighted by atomic mass is 16.5. The quantitative estimate of drug-likeness (QED) is 0.655. The summed E-state index contributed by atoms with van der Waals surface area (Å²) in [5.74, 6) is 0.844. The smallest absolute Gasteiger partial charge is 0.0897 e. The zero-order valence-corrected chi connectivity index (χ0v) is 11.9. The second-order valence-corrected chi connectivity index (χ2v) is 5.70. The lowest BCUT2D eigenvalue weighted by molar-refractivity contribution is -0.0282. The van der Waals surface area contributed by atoms with E-state index in [2.05, 4.69) is 25.7 Å². The molecule has 3 heteroatoms. The van der Waals surface area contributed by atoms with Gasteiger partial charge >= 0.3 is 0 Å². The van der Waals surface area contributed by atoms with Crippen molar-refractivity contribution in [2.45, 2.75) is 64.2 Å². The molecule has 2 N–H and O–H groups in total. The fraction of sp³-hybridized carbons (Fsp3) is 0.867. The van der Waals surface area contributed by atoms with Gasteiger partial charge in [-0.05, 0) is 44.9 Å². The van der Waals surface area contributed by atoms with E-state index in [1.54, 1.807) is 0 Å². The Labute approximate surface area is 112 Å². The van der Waals surface area contributed by atoms with Crippen LogP contribution in [0, 0.1) is 5.92 Å². The van der Waals surface area contributed by atoms with E-state index >= 15 is 0 Å². The Morgan fingerprint density at radius 1 is 1.39 bits per heavy atom. The summed E-state index contributed by atoms with van der Waals surface area (Å²) in [6.45, 7) is 9.15. The Hall–Kier alpha value is -0.380. The third-order valence-electron chi connectivity index (χ3n) is 3.71. The van der Waals surface area contributed by atoms with E-state index in [-0.39, 0.29) is 0 Å². The van der Waals surface area contributed by atoms with Gasteiger partial charge in [0.2, 0.25) is 0 Å². The summed E-state index contributed by atoms with van der Waals surface area (Å²) >= 11 is 0. The van der Waals surface area contributed by atoms with Crippen molar-refractivity contribution in [2.75, 3.05) is 13.2 Å². The molecule has 106 valence electrons. The summed E-state index contributed by atoms with van der Waals surface area (Å²) in [4.78, 5) is 0. The molecule has 0 bridgehead atoms. The van der Waals surface area contributed by atoms with Gasteiger partial charge in [-0.25, -0.2) is 0 Å². The zero-order chi connectivity index (χ0) is 13.4. The molecule has 1 saturated carbocycles. The van der Waals surface area contributed by atoms with Gasteiger partial charge in [0.15, 0.2) is 0 Å². The fourth-order valence-corrected chi connectivity index (χ4v) is 2.37. The minimum absolute atomic E-state index is 0.362. The first-order valence-electron chi connectivity index (χ1n) is 7.25. The van der Waals surface area contributed by atoms with Gasteiger partial charge in [0, 0.05) is 12.6 Å². The predicted molar refractivity (Wildman–Crippen MR) is 75.7 cm³/mol. The van der Waals surface area contributed by atoms with Crippen molar-refractivity contribution in [2.24, 2.45) is 5.92 Å². The van der Waals surface area contributed by atoms with Crippen molar-refractivity contribution in [3.8, 4) is 0 Å². The van der Waals surface area contributed by atoms with Gasteiger partial charge in [-0.15, -0.1) is 6.58 Å². The number of hydrogen-bond acceptors (Lipinski definition) is 3. The van der Waals surface area contributed by atoms with Gasteiger partial charge < -0.3 is 15.2 Å². The van der Waals surface area contributed by atoms with E-state index in [0.717, 1.165) is 25.2 Å². The van der Waals surface area contributed by atoms with Crippen LogP contribution in [0.15, 0.2) is 12.7 Å². The van der Waals surface area contributed by atoms with Gasteiger partial charge in [-0.2, -0.15) is 0 Å². The standard InChI is InChI=1S/C15H29NO2/c1-4-5-13(3)16-10-14(17)11-18-15-8-6-12(2)7-9-15/h4,12-17H,1,5-11H2,2-3H3. The van der Waals surface area contributed by atoms with E-state index in [4.69, 9.17) is 4.74 Å². The highest BCUT2D eigenvalue weighted by Gasteiger charge is 2.19. The van der Waals surface area contributed by atoms with Crippen molar-refractivity contribution >= 4 is 0 Å². The van der Waals surface area contributed by atoms with Crippen LogP contribution in [-0.2, 0) is 4.74 Å². The number of ether oxygens (including phenoxy) is 1. The molecule has 0 aromatic rings. The average Bonchev–Trinajstić information content (AvgIpc) is 2.36. The number of aliphatic hydroxyl groups excluding tert-OH is 1. The molecule has 1 fully saturated rings. The molecule has 0 heterocycles. The Balaban J connectivity index is 2.05. The Morgan fingerprint density at radius 2 is 2.06 bits per heavy atom. The van der Waals surface area contributed by atoms with Gasteiger partial charge in [-0.1, -0.05) is 13.0 Å². The molecular formula is C15H29NO2. The van der Waals surface area contributed by atoms with E-state index in [9.17, 15) is 5.11 Å². The minimum atomic E-state index is -0.406. The molecular weight excluding hydrogens is 226 g/mol. The van der Waals surface area contributed by atoms with Crippen LogP contribution in [0.2, 0.25) is 0 Å². The Bertz CT molecular complexity index is 225. The summed E-state index contributed by atoms with van der Waals surface area (Å²) in [5.41, 5.74) is 0. The molecule has 0 radical (unpaired) electrons. The van der Waals surface area contributed by atoms with Crippen molar-refractivity contribution in [1.82, 2.24) is 5.32 Å². The van der Waals surface area contributed by atoms with E-state index in [0.29, 0.717) is 25.3 Å². The molecule has 0 aliphatic heterocycles. The average molecular weight is 255 g/mol. The van der Waals surface area contributed by atoms with Gasteiger partial charge in [0.1, 0.15) is 0 Å². The summed E-state index contributed by atoms with van der Waals surface area (Å²) in [5, 5.41) is 13.1. The highest BCUT2D eigenvalue weighted by Crippen LogP contribution is 2.25. The minimum Gasteiger partial charge on any atom is -0.389 e. The van der Waals surface area contributed by atoms with Gasteiger partial charge in [0.05, 0.1) is 18.8 Å². The molecule has 1 rings (SSSR count). The molecule has 0 saturated heterocycles. The number of aliphatic hydroxyl groups is 1. The lowest BCUT2D eigenvalue weighted by Gasteiger charge is -2.27. The second kappa shape index (κ2) is 8.68. The molecule has 0 aromatic heterocycles. The third kappa shape index (κ3) is 6.53. The van der Waals surface area contributed by atoms with Crippen LogP contribution >= 0.6 is 0 Å². The topological polar surface area (TPSA) is 41.5 Å². The first-order chi connectivity index (χ1) is 8.61. The second-order valence-electron chi connectivity index (χ2n) is 5.70. The maximum absolute atomic E-state index is 9.84. The number of hydrogen-bond donors (Lipinski definition) is 2. The lowest BCUT2D eigenvalue weighted by Crippen LogP contribution is -2.36. The summed E-state index contributed by atoms with van der Waals surface area (Å²) in [7, 11) is 0. The van der Waals surface area contributed by atoms with E-state index in [1.165, 1.54) is 12.8 Å². The summed E-state index contributed by atoms with van der Waals surface area (Å²) in [6.07, 6.45) is 7.59. The van der Waals surface area contributed by atoms with Crippen LogP contribution in [-0.4, -0.2) is 36.5 Å². The predicted octanol–water partition coefficient (Wildman–Crippen LogP) is 2.50. The SMILES string of the molecule is C=CCC(C)NCC(O)COC1CCC(C)CC1. The molecule has 0 amide bonds. The number of nitrogens with one attached hydrogen (secondary N) is 1. The first kappa shape index (κ1) is 15.7. The van der Waals surface area contributed by atoms with Crippen LogP contribution < -0.4 is 5.32 Å². The van der Waals surface area contributed by atoms with Crippen LogP contribution in [0.4, 0.5) is 0 Å². The largest absolute Gasteiger partial charge is 0.389 e. The van der Waals surface area contributed by atoms with Crippen LogP contribution in [0.5, 0.6) is 0 Å². The molecule has 2 atom stereocenters. The molecule has 18 heavy (non-hydrogen) atoms. The lowest BCUT2D eigenvalue weighted by atomic mass is 9.89. The van der Waals surface area contributed by atoms with Crippen LogP contribution in [0.3, 0.4) is 0 Å². The highest BCUT2D eigenvalue weighted by molar-refractivity contribution is 4.76. The summed E-state index contributed by atoms with van der Waals surface area (Å²) in [6, 6.07) is 0.368. The monoisotopic (exact) mass is 255 g/mol. The molecule has 0 spiro atoms. The molecule has 1 aliphatic rings. The van der Waals surface area contributed by atoms with Crippen LogP contribution in [0.25, 0.3) is 0 Å². The maximum Gasteiger partial charge on any atom is 0.0897 e. The van der Waals surface area contributed by atoms with Crippen molar-refractivity contribution < 1.29 is 9.84 Å². The normalized spacial score (nSPS) is 27.7. The first-order valence-corrected chi connectivity index (χ1v) is 7.25.